The number of phenolic OH excluding ortho intramolecular Hbond substituents is 1. The van der Waals surface area contributed by atoms with Crippen molar-refractivity contribution < 1.29 is 5.11 Å². The predicted octanol–water partition coefficient (Wildman–Crippen LogP) is 2.87. The number of aromatic hydroxyl groups is 1. The van der Waals surface area contributed by atoms with E-state index in [-0.39, 0.29) is 5.75 Å². The van der Waals surface area contributed by atoms with Crippen LogP contribution < -0.4 is 5.32 Å². The molecule has 4 nitrogen and oxygen atoms in total. The zero-order valence-electron chi connectivity index (χ0n) is 14.0. The van der Waals surface area contributed by atoms with Gasteiger partial charge in [0.15, 0.2) is 0 Å². The van der Waals surface area contributed by atoms with Gasteiger partial charge in [-0.15, -0.1) is 0 Å². The van der Waals surface area contributed by atoms with Gasteiger partial charge in [0.25, 0.3) is 0 Å². The van der Waals surface area contributed by atoms with Crippen LogP contribution >= 0.6 is 11.6 Å². The summed E-state index contributed by atoms with van der Waals surface area (Å²) in [5.41, 5.74) is 1.21. The van der Waals surface area contributed by atoms with Gasteiger partial charge >= 0.3 is 0 Å². The number of benzene rings is 1. The van der Waals surface area contributed by atoms with Gasteiger partial charge < -0.3 is 15.3 Å². The third kappa shape index (κ3) is 4.18. The number of likely N-dealkylation sites (tertiary alicyclic amines) is 1. The molecular formula is C18H28ClN3O. The molecule has 128 valence electrons. The van der Waals surface area contributed by atoms with Crippen molar-refractivity contribution in [3.63, 3.8) is 0 Å². The van der Waals surface area contributed by atoms with Crippen molar-refractivity contribution in [1.29, 1.82) is 0 Å². The highest BCUT2D eigenvalue weighted by atomic mass is 35.5. The molecule has 2 atom stereocenters. The van der Waals surface area contributed by atoms with Crippen molar-refractivity contribution >= 4 is 11.6 Å². The normalized spacial score (nSPS) is 25.4. The Morgan fingerprint density at radius 2 is 2.04 bits per heavy atom. The summed E-state index contributed by atoms with van der Waals surface area (Å²) in [5, 5.41) is 13.7. The highest BCUT2D eigenvalue weighted by molar-refractivity contribution is 6.32. The average Bonchev–Trinajstić information content (AvgIpc) is 2.57. The monoisotopic (exact) mass is 337 g/mol. The fraction of sp³-hybridized carbons (Fsp3) is 0.667. The zero-order chi connectivity index (χ0) is 16.2. The third-order valence-electron chi connectivity index (χ3n) is 5.19. The zero-order valence-corrected chi connectivity index (χ0v) is 14.7. The SMILES string of the molecule is CC1CNCCN1C(CN1CCCCC1)c1ccc(O)c(Cl)c1. The van der Waals surface area contributed by atoms with Gasteiger partial charge in [0, 0.05) is 38.3 Å². The van der Waals surface area contributed by atoms with Gasteiger partial charge in [0.1, 0.15) is 5.75 Å². The van der Waals surface area contributed by atoms with E-state index in [1.807, 2.05) is 12.1 Å². The van der Waals surface area contributed by atoms with Crippen LogP contribution in [-0.4, -0.2) is 60.2 Å². The van der Waals surface area contributed by atoms with Gasteiger partial charge in [-0.2, -0.15) is 0 Å². The van der Waals surface area contributed by atoms with Gasteiger partial charge in [-0.05, 0) is 50.6 Å². The van der Waals surface area contributed by atoms with Crippen molar-refractivity contribution in [3.05, 3.63) is 28.8 Å². The molecule has 0 aliphatic carbocycles. The van der Waals surface area contributed by atoms with Gasteiger partial charge in [-0.3, -0.25) is 4.90 Å². The van der Waals surface area contributed by atoms with E-state index in [1.165, 1.54) is 37.9 Å². The Morgan fingerprint density at radius 3 is 2.74 bits per heavy atom. The second kappa shape index (κ2) is 7.84. The third-order valence-corrected chi connectivity index (χ3v) is 5.49. The van der Waals surface area contributed by atoms with Crippen molar-refractivity contribution in [2.75, 3.05) is 39.3 Å². The molecule has 0 amide bonds. The molecule has 0 aromatic heterocycles. The lowest BCUT2D eigenvalue weighted by Gasteiger charge is -2.42. The summed E-state index contributed by atoms with van der Waals surface area (Å²) >= 11 is 6.18. The van der Waals surface area contributed by atoms with E-state index in [2.05, 4.69) is 22.0 Å². The predicted molar refractivity (Wildman–Crippen MR) is 95.2 cm³/mol. The Morgan fingerprint density at radius 1 is 1.26 bits per heavy atom. The standard InChI is InChI=1S/C18H28ClN3O/c1-14-12-20-7-10-22(14)17(13-21-8-3-2-4-9-21)15-5-6-18(23)16(19)11-15/h5-6,11,14,17,20,23H,2-4,7-10,12-13H2,1H3. The Kier molecular flexibility index (Phi) is 5.81. The van der Waals surface area contributed by atoms with E-state index in [0.29, 0.717) is 17.1 Å². The number of nitrogens with one attached hydrogen (secondary N) is 1. The molecule has 5 heteroatoms. The van der Waals surface area contributed by atoms with E-state index < -0.39 is 0 Å². The van der Waals surface area contributed by atoms with Crippen LogP contribution in [0.4, 0.5) is 0 Å². The minimum absolute atomic E-state index is 0.167. The minimum atomic E-state index is 0.167. The lowest BCUT2D eigenvalue weighted by molar-refractivity contribution is 0.0779. The number of piperazine rings is 1. The number of halogens is 1. The summed E-state index contributed by atoms with van der Waals surface area (Å²) in [4.78, 5) is 5.18. The number of piperidine rings is 1. The summed E-state index contributed by atoms with van der Waals surface area (Å²) in [6, 6.07) is 6.55. The molecule has 2 aliphatic heterocycles. The van der Waals surface area contributed by atoms with Crippen LogP contribution in [0.3, 0.4) is 0 Å². The molecule has 2 saturated heterocycles. The molecule has 1 aromatic rings. The maximum absolute atomic E-state index is 9.74. The molecule has 3 rings (SSSR count). The first kappa shape index (κ1) is 17.0. The van der Waals surface area contributed by atoms with Crippen molar-refractivity contribution in [3.8, 4) is 5.75 Å². The molecule has 2 aliphatic rings. The fourth-order valence-electron chi connectivity index (χ4n) is 3.84. The largest absolute Gasteiger partial charge is 0.506 e. The molecule has 2 unspecified atom stereocenters. The van der Waals surface area contributed by atoms with E-state index >= 15 is 0 Å². The van der Waals surface area contributed by atoms with Crippen LogP contribution in [-0.2, 0) is 0 Å². The molecule has 2 N–H and O–H groups in total. The molecule has 2 fully saturated rings. The quantitative estimate of drug-likeness (QED) is 0.886. The molecule has 23 heavy (non-hydrogen) atoms. The van der Waals surface area contributed by atoms with Gasteiger partial charge in [-0.25, -0.2) is 0 Å². The first-order valence-corrected chi connectivity index (χ1v) is 9.20. The number of rotatable bonds is 4. The number of hydrogen-bond acceptors (Lipinski definition) is 4. The van der Waals surface area contributed by atoms with E-state index in [9.17, 15) is 5.11 Å². The molecular weight excluding hydrogens is 310 g/mol. The van der Waals surface area contributed by atoms with Crippen LogP contribution in [0.15, 0.2) is 18.2 Å². The Hall–Kier alpha value is -0.810. The second-order valence-electron chi connectivity index (χ2n) is 6.88. The van der Waals surface area contributed by atoms with Gasteiger partial charge in [0.2, 0.25) is 0 Å². The van der Waals surface area contributed by atoms with Gasteiger partial charge in [-0.1, -0.05) is 24.1 Å². The lowest BCUT2D eigenvalue weighted by atomic mass is 10.00. The maximum atomic E-state index is 9.74. The number of phenols is 1. The molecule has 0 spiro atoms. The summed E-state index contributed by atoms with van der Waals surface area (Å²) < 4.78 is 0. The summed E-state index contributed by atoms with van der Waals surface area (Å²) in [5.74, 6) is 0.167. The summed E-state index contributed by atoms with van der Waals surface area (Å²) in [7, 11) is 0. The highest BCUT2D eigenvalue weighted by Gasteiger charge is 2.29. The topological polar surface area (TPSA) is 38.7 Å². The molecule has 1 aromatic carbocycles. The Balaban J connectivity index is 1.83. The first-order chi connectivity index (χ1) is 11.1. The average molecular weight is 338 g/mol. The van der Waals surface area contributed by atoms with Gasteiger partial charge in [0.05, 0.1) is 5.02 Å². The Labute approximate surface area is 144 Å². The molecule has 2 heterocycles. The highest BCUT2D eigenvalue weighted by Crippen LogP contribution is 2.31. The van der Waals surface area contributed by atoms with Crippen LogP contribution in [0.2, 0.25) is 5.02 Å². The van der Waals surface area contributed by atoms with Crippen LogP contribution in [0.5, 0.6) is 5.75 Å². The Bertz CT molecular complexity index is 519. The van der Waals surface area contributed by atoms with E-state index in [1.54, 1.807) is 6.07 Å². The van der Waals surface area contributed by atoms with Crippen molar-refractivity contribution in [1.82, 2.24) is 15.1 Å². The minimum Gasteiger partial charge on any atom is -0.506 e. The van der Waals surface area contributed by atoms with E-state index in [0.717, 1.165) is 26.2 Å². The fourth-order valence-corrected chi connectivity index (χ4v) is 4.03. The summed E-state index contributed by atoms with van der Waals surface area (Å²) in [6.45, 7) is 8.85. The van der Waals surface area contributed by atoms with Crippen molar-refractivity contribution in [2.45, 2.75) is 38.3 Å². The van der Waals surface area contributed by atoms with Crippen molar-refractivity contribution in [2.24, 2.45) is 0 Å². The molecule has 0 bridgehead atoms. The first-order valence-electron chi connectivity index (χ1n) is 8.82. The molecule has 0 radical (unpaired) electrons. The van der Waals surface area contributed by atoms with Crippen LogP contribution in [0, 0.1) is 0 Å². The number of hydrogen-bond donors (Lipinski definition) is 2. The second-order valence-corrected chi connectivity index (χ2v) is 7.29. The lowest BCUT2D eigenvalue weighted by Crippen LogP contribution is -2.53. The van der Waals surface area contributed by atoms with E-state index in [4.69, 9.17) is 11.6 Å². The molecule has 0 saturated carbocycles. The van der Waals surface area contributed by atoms with Crippen LogP contribution in [0.1, 0.15) is 37.8 Å². The smallest absolute Gasteiger partial charge is 0.134 e. The number of nitrogens with zero attached hydrogens (tertiary/aromatic N) is 2. The maximum Gasteiger partial charge on any atom is 0.134 e. The summed E-state index contributed by atoms with van der Waals surface area (Å²) in [6.07, 6.45) is 3.97. The van der Waals surface area contributed by atoms with Crippen LogP contribution in [0.25, 0.3) is 0 Å².